The zero-order valence-corrected chi connectivity index (χ0v) is 12.0. The summed E-state index contributed by atoms with van der Waals surface area (Å²) < 4.78 is 34.9. The van der Waals surface area contributed by atoms with Gasteiger partial charge in [-0.3, -0.25) is 4.55 Å². The Balaban J connectivity index is 3.28. The molecule has 1 fully saturated rings. The zero-order valence-electron chi connectivity index (χ0n) is 10.4. The maximum absolute atomic E-state index is 11.5. The fourth-order valence-corrected chi connectivity index (χ4v) is 4.68. The predicted molar refractivity (Wildman–Crippen MR) is 67.0 cm³/mol. The van der Waals surface area contributed by atoms with Gasteiger partial charge in [-0.2, -0.15) is 8.42 Å². The van der Waals surface area contributed by atoms with E-state index in [-0.39, 0.29) is 5.25 Å². The first-order valence-electron chi connectivity index (χ1n) is 5.54. The Kier molecular flexibility index (Phi) is 5.24. The van der Waals surface area contributed by atoms with Crippen LogP contribution in [0.2, 0.25) is 0 Å². The Bertz CT molecular complexity index is 408. The third-order valence-corrected chi connectivity index (χ3v) is 5.79. The van der Waals surface area contributed by atoms with Crippen LogP contribution in [0.15, 0.2) is 0 Å². The standard InChI is InChI=1S/C9H18O8S2/c1-4(2)18-9(19(14,15)16)8(13)7(12)6(11)5(3-10)17-9/h4-8,10-13H,3H2,1-2H3,(H,14,15,16)/t5-,6+,7+,8-,9?/m1/s1. The second kappa shape index (κ2) is 5.82. The van der Waals surface area contributed by atoms with Gasteiger partial charge in [-0.1, -0.05) is 13.8 Å². The fourth-order valence-electron chi connectivity index (χ4n) is 1.81. The predicted octanol–water partition coefficient (Wildman–Crippen LogP) is -1.86. The van der Waals surface area contributed by atoms with Crippen molar-refractivity contribution in [3.05, 3.63) is 0 Å². The van der Waals surface area contributed by atoms with Gasteiger partial charge in [0.15, 0.2) is 0 Å². The van der Waals surface area contributed by atoms with E-state index in [1.54, 1.807) is 13.8 Å². The largest absolute Gasteiger partial charge is 0.394 e. The molecule has 1 heterocycles. The molecule has 0 aromatic carbocycles. The Morgan fingerprint density at radius 2 is 1.79 bits per heavy atom. The molecular weight excluding hydrogens is 300 g/mol. The summed E-state index contributed by atoms with van der Waals surface area (Å²) >= 11 is 0.570. The number of rotatable bonds is 4. The maximum atomic E-state index is 11.5. The van der Waals surface area contributed by atoms with E-state index in [2.05, 4.69) is 0 Å². The first kappa shape index (κ1) is 17.1. The summed E-state index contributed by atoms with van der Waals surface area (Å²) in [5, 5.41) is 37.8. The molecule has 5 atom stereocenters. The van der Waals surface area contributed by atoms with Crippen LogP contribution in [0.4, 0.5) is 0 Å². The maximum Gasteiger partial charge on any atom is 0.308 e. The van der Waals surface area contributed by atoms with Crippen molar-refractivity contribution in [1.82, 2.24) is 0 Å². The van der Waals surface area contributed by atoms with Gasteiger partial charge in [-0.05, 0) is 0 Å². The summed E-state index contributed by atoms with van der Waals surface area (Å²) in [6.45, 7) is 2.42. The van der Waals surface area contributed by atoms with Crippen LogP contribution in [0.25, 0.3) is 0 Å². The van der Waals surface area contributed by atoms with Crippen LogP contribution < -0.4 is 0 Å². The fraction of sp³-hybridized carbons (Fsp3) is 1.00. The van der Waals surface area contributed by atoms with Crippen LogP contribution >= 0.6 is 11.8 Å². The Hall–Kier alpha value is 0.0600. The van der Waals surface area contributed by atoms with Gasteiger partial charge in [0.25, 0.3) is 4.27 Å². The van der Waals surface area contributed by atoms with Gasteiger partial charge in [0.05, 0.1) is 6.61 Å². The molecule has 0 saturated carbocycles. The van der Waals surface area contributed by atoms with E-state index < -0.39 is 45.4 Å². The lowest BCUT2D eigenvalue weighted by Gasteiger charge is -2.46. The molecule has 5 N–H and O–H groups in total. The molecule has 10 heteroatoms. The number of hydrogen-bond acceptors (Lipinski definition) is 8. The van der Waals surface area contributed by atoms with E-state index in [0.717, 1.165) is 0 Å². The van der Waals surface area contributed by atoms with Crippen molar-refractivity contribution in [1.29, 1.82) is 0 Å². The molecule has 0 aliphatic carbocycles. The van der Waals surface area contributed by atoms with Crippen LogP contribution in [0, 0.1) is 0 Å². The Morgan fingerprint density at radius 3 is 2.16 bits per heavy atom. The highest BCUT2D eigenvalue weighted by Gasteiger charge is 2.61. The molecule has 1 rings (SSSR count). The second-order valence-electron chi connectivity index (χ2n) is 4.51. The summed E-state index contributed by atoms with van der Waals surface area (Å²) in [5.41, 5.74) is 0. The van der Waals surface area contributed by atoms with Crippen molar-refractivity contribution in [2.75, 3.05) is 6.61 Å². The van der Waals surface area contributed by atoms with Gasteiger partial charge in [0.1, 0.15) is 24.4 Å². The smallest absolute Gasteiger partial charge is 0.308 e. The zero-order chi connectivity index (χ0) is 15.0. The van der Waals surface area contributed by atoms with E-state index in [0.29, 0.717) is 11.8 Å². The molecule has 0 aromatic rings. The van der Waals surface area contributed by atoms with Crippen molar-refractivity contribution >= 4 is 21.9 Å². The summed E-state index contributed by atoms with van der Waals surface area (Å²) in [7, 11) is -4.92. The number of aliphatic hydroxyl groups excluding tert-OH is 4. The molecule has 1 unspecified atom stereocenters. The minimum Gasteiger partial charge on any atom is -0.394 e. The number of hydrogen-bond donors (Lipinski definition) is 5. The molecule has 0 amide bonds. The van der Waals surface area contributed by atoms with Crippen LogP contribution in [-0.2, 0) is 14.9 Å². The molecule has 19 heavy (non-hydrogen) atoms. The van der Waals surface area contributed by atoms with Crippen LogP contribution in [0.1, 0.15) is 13.8 Å². The number of aliphatic hydroxyl groups is 4. The average Bonchev–Trinajstić information content (AvgIpc) is 2.28. The van der Waals surface area contributed by atoms with Crippen LogP contribution in [-0.4, -0.2) is 73.9 Å². The van der Waals surface area contributed by atoms with Crippen molar-refractivity contribution in [2.45, 2.75) is 47.8 Å². The molecule has 0 bridgehead atoms. The van der Waals surface area contributed by atoms with Gasteiger partial charge in [0.2, 0.25) is 0 Å². The first-order valence-corrected chi connectivity index (χ1v) is 7.86. The van der Waals surface area contributed by atoms with Gasteiger partial charge in [0, 0.05) is 5.25 Å². The molecule has 1 aliphatic heterocycles. The van der Waals surface area contributed by atoms with E-state index in [1.807, 2.05) is 0 Å². The van der Waals surface area contributed by atoms with Gasteiger partial charge < -0.3 is 25.2 Å². The SMILES string of the molecule is CC(C)SC1(S(=O)(=O)O)O[C@H](CO)[C@H](O)[C@H](O)[C@H]1O. The normalized spacial score (nSPS) is 40.6. The lowest BCUT2D eigenvalue weighted by Crippen LogP contribution is -2.66. The van der Waals surface area contributed by atoms with Crippen LogP contribution in [0.3, 0.4) is 0 Å². The van der Waals surface area contributed by atoms with Crippen molar-refractivity contribution in [3.63, 3.8) is 0 Å². The van der Waals surface area contributed by atoms with Crippen molar-refractivity contribution in [3.8, 4) is 0 Å². The number of ether oxygens (including phenoxy) is 1. The highest BCUT2D eigenvalue weighted by atomic mass is 32.3. The van der Waals surface area contributed by atoms with Crippen molar-refractivity contribution in [2.24, 2.45) is 0 Å². The quantitative estimate of drug-likeness (QED) is 0.377. The molecule has 114 valence electrons. The van der Waals surface area contributed by atoms with E-state index in [1.165, 1.54) is 0 Å². The third kappa shape index (κ3) is 3.05. The lowest BCUT2D eigenvalue weighted by molar-refractivity contribution is -0.219. The molecule has 0 spiro atoms. The summed E-state index contributed by atoms with van der Waals surface area (Å²) in [4.78, 5) is 0. The summed E-state index contributed by atoms with van der Waals surface area (Å²) in [6.07, 6.45) is -7.04. The minimum absolute atomic E-state index is 0.377. The van der Waals surface area contributed by atoms with Crippen molar-refractivity contribution < 1.29 is 38.1 Å². The average molecular weight is 318 g/mol. The van der Waals surface area contributed by atoms with E-state index in [4.69, 9.17) is 9.84 Å². The highest BCUT2D eigenvalue weighted by Crippen LogP contribution is 2.44. The third-order valence-electron chi connectivity index (χ3n) is 2.67. The number of thioether (sulfide) groups is 1. The monoisotopic (exact) mass is 318 g/mol. The molecule has 0 aromatic heterocycles. The summed E-state index contributed by atoms with van der Waals surface area (Å²) in [5.74, 6) is 0. The van der Waals surface area contributed by atoms with Gasteiger partial charge in [-0.15, -0.1) is 11.8 Å². The van der Waals surface area contributed by atoms with E-state index >= 15 is 0 Å². The molecule has 8 nitrogen and oxygen atoms in total. The highest BCUT2D eigenvalue weighted by molar-refractivity contribution is 8.13. The topological polar surface area (TPSA) is 145 Å². The molecule has 0 radical (unpaired) electrons. The Morgan fingerprint density at radius 1 is 1.26 bits per heavy atom. The molecular formula is C9H18O8S2. The lowest BCUT2D eigenvalue weighted by atomic mass is 10.0. The van der Waals surface area contributed by atoms with Crippen LogP contribution in [0.5, 0.6) is 0 Å². The van der Waals surface area contributed by atoms with Gasteiger partial charge in [-0.25, -0.2) is 0 Å². The van der Waals surface area contributed by atoms with E-state index in [9.17, 15) is 28.3 Å². The minimum atomic E-state index is -4.92. The second-order valence-corrected chi connectivity index (χ2v) is 8.11. The molecule has 1 saturated heterocycles. The molecule has 1 aliphatic rings. The Labute approximate surface area is 115 Å². The van der Waals surface area contributed by atoms with Gasteiger partial charge >= 0.3 is 10.1 Å². The summed E-state index contributed by atoms with van der Waals surface area (Å²) in [6, 6.07) is 0. The first-order chi connectivity index (χ1) is 8.56.